The molecule has 3 N–H and O–H groups in total. The van der Waals surface area contributed by atoms with Gasteiger partial charge in [-0.05, 0) is 36.4 Å². The molecule has 0 bridgehead atoms. The Morgan fingerprint density at radius 1 is 1.00 bits per heavy atom. The molecule has 4 aromatic rings. The number of amides is 1. The molecule has 0 fully saturated rings. The van der Waals surface area contributed by atoms with E-state index in [1.54, 1.807) is 17.7 Å². The number of methoxy groups -OCH3 is 1. The van der Waals surface area contributed by atoms with Gasteiger partial charge in [-0.25, -0.2) is 10.5 Å². The lowest BCUT2D eigenvalue weighted by atomic mass is 10.00. The van der Waals surface area contributed by atoms with E-state index in [2.05, 4.69) is 4.98 Å². The molecule has 4 rings (SSSR count). The third-order valence-electron chi connectivity index (χ3n) is 5.84. The van der Waals surface area contributed by atoms with E-state index in [0.717, 1.165) is 29.0 Å². The summed E-state index contributed by atoms with van der Waals surface area (Å²) >= 11 is 0. The third kappa shape index (κ3) is 5.44. The van der Waals surface area contributed by atoms with Crippen LogP contribution in [0.1, 0.15) is 10.4 Å². The smallest absolute Gasteiger partial charge is 0.279 e. The lowest BCUT2D eigenvalue weighted by Gasteiger charge is -2.15. The summed E-state index contributed by atoms with van der Waals surface area (Å²) in [6, 6.07) is 17.3. The highest BCUT2D eigenvalue weighted by atomic mass is 16.5. The normalized spacial score (nSPS) is 11.0. The molecule has 0 saturated carbocycles. The van der Waals surface area contributed by atoms with Gasteiger partial charge in [-0.15, -0.1) is 0 Å². The summed E-state index contributed by atoms with van der Waals surface area (Å²) in [6.45, 7) is 2.02. The first-order valence-electron chi connectivity index (χ1n) is 11.4. The fourth-order valence-corrected chi connectivity index (χ4v) is 3.93. The van der Waals surface area contributed by atoms with E-state index in [9.17, 15) is 10.0 Å². The molecule has 36 heavy (non-hydrogen) atoms. The minimum Gasteiger partial charge on any atom is -0.494 e. The van der Waals surface area contributed by atoms with Crippen LogP contribution in [0.5, 0.6) is 11.5 Å². The summed E-state index contributed by atoms with van der Waals surface area (Å²) in [7, 11) is 3.40. The highest BCUT2D eigenvalue weighted by molar-refractivity contribution is 6.09. The molecular weight excluding hydrogens is 460 g/mol. The van der Waals surface area contributed by atoms with Gasteiger partial charge in [0.05, 0.1) is 24.8 Å². The largest absolute Gasteiger partial charge is 0.494 e. The number of carbonyl (C=O) groups is 1. The van der Waals surface area contributed by atoms with Crippen molar-refractivity contribution in [3.8, 4) is 33.9 Å². The van der Waals surface area contributed by atoms with Crippen molar-refractivity contribution >= 4 is 16.8 Å². The van der Waals surface area contributed by atoms with Gasteiger partial charge >= 0.3 is 0 Å². The Hall–Kier alpha value is -4.05. The van der Waals surface area contributed by atoms with Crippen LogP contribution in [0.2, 0.25) is 0 Å². The van der Waals surface area contributed by atoms with E-state index in [-0.39, 0.29) is 17.9 Å². The number of likely N-dealkylation sites (N-methyl/N-ethyl adjacent to an activating group) is 1. The van der Waals surface area contributed by atoms with E-state index in [1.165, 1.54) is 13.3 Å². The number of nitrogens with one attached hydrogen (secondary N) is 1. The van der Waals surface area contributed by atoms with Gasteiger partial charge in [0.2, 0.25) is 0 Å². The van der Waals surface area contributed by atoms with Crippen LogP contribution in [0, 0.1) is 0 Å². The molecule has 0 aliphatic carbocycles. The van der Waals surface area contributed by atoms with Crippen LogP contribution in [0.4, 0.5) is 0 Å². The Bertz CT molecular complexity index is 1330. The van der Waals surface area contributed by atoms with E-state index in [1.807, 2.05) is 60.5 Å². The van der Waals surface area contributed by atoms with Gasteiger partial charge in [0.1, 0.15) is 18.1 Å². The van der Waals surface area contributed by atoms with Crippen molar-refractivity contribution in [1.82, 2.24) is 20.3 Å². The number of benzene rings is 2. The molecule has 0 radical (unpaired) electrons. The van der Waals surface area contributed by atoms with E-state index in [4.69, 9.17) is 19.6 Å². The Morgan fingerprint density at radius 2 is 1.67 bits per heavy atom. The minimum absolute atomic E-state index is 0.129. The number of ether oxygens (including phenoxy) is 2. The summed E-state index contributed by atoms with van der Waals surface area (Å²) in [6.07, 6.45) is 3.11. The number of pyridine rings is 2. The highest BCUT2D eigenvalue weighted by Crippen LogP contribution is 2.36. The van der Waals surface area contributed by atoms with Crippen molar-refractivity contribution in [3.05, 3.63) is 72.6 Å². The van der Waals surface area contributed by atoms with Gasteiger partial charge in [0.15, 0.2) is 5.75 Å². The predicted octanol–water partition coefficient (Wildman–Crippen LogP) is 3.39. The zero-order chi connectivity index (χ0) is 25.5. The maximum absolute atomic E-state index is 12.5. The Kier molecular flexibility index (Phi) is 8.06. The lowest BCUT2D eigenvalue weighted by Crippen LogP contribution is -2.27. The minimum atomic E-state index is -0.701. The molecule has 0 aliphatic heterocycles. The Morgan fingerprint density at radius 3 is 2.31 bits per heavy atom. The maximum Gasteiger partial charge on any atom is 0.279 e. The van der Waals surface area contributed by atoms with Crippen molar-refractivity contribution in [2.24, 2.45) is 0 Å². The molecule has 0 aliphatic rings. The quantitative estimate of drug-likeness (QED) is 0.230. The number of nitrogens with zero attached hydrogens (tertiary/aromatic N) is 3. The second-order valence-corrected chi connectivity index (χ2v) is 8.18. The first-order valence-corrected chi connectivity index (χ1v) is 11.4. The van der Waals surface area contributed by atoms with Gasteiger partial charge in [0, 0.05) is 36.4 Å². The van der Waals surface area contributed by atoms with Crippen LogP contribution in [-0.4, -0.2) is 71.5 Å². The number of aromatic nitrogens is 2. The molecule has 9 nitrogen and oxygen atoms in total. The lowest BCUT2D eigenvalue weighted by molar-refractivity contribution is 0.0705. The summed E-state index contributed by atoms with van der Waals surface area (Å²) in [5.74, 6) is 0.329. The SMILES string of the molecule is COc1c(-c2ccc(-c3ccc(OCCN(C)CCO)cc3)cc2)nc2ccncc2c1C(=O)NO. The summed E-state index contributed by atoms with van der Waals surface area (Å²) in [5, 5.41) is 18.7. The van der Waals surface area contributed by atoms with Crippen molar-refractivity contribution in [1.29, 1.82) is 0 Å². The number of hydrogen-bond donors (Lipinski definition) is 3. The average Bonchev–Trinajstić information content (AvgIpc) is 2.92. The van der Waals surface area contributed by atoms with Crippen molar-refractivity contribution in [2.75, 3.05) is 40.5 Å². The van der Waals surface area contributed by atoms with Crippen molar-refractivity contribution in [3.63, 3.8) is 0 Å². The molecule has 0 atom stereocenters. The number of hydrogen-bond acceptors (Lipinski definition) is 8. The molecule has 186 valence electrons. The summed E-state index contributed by atoms with van der Waals surface area (Å²) < 4.78 is 11.3. The van der Waals surface area contributed by atoms with Crippen LogP contribution < -0.4 is 15.0 Å². The van der Waals surface area contributed by atoms with Gasteiger partial charge in [-0.1, -0.05) is 36.4 Å². The number of fused-ring (bicyclic) bond motifs is 1. The van der Waals surface area contributed by atoms with Gasteiger partial charge < -0.3 is 19.5 Å². The molecule has 9 heteroatoms. The Labute approximate surface area is 208 Å². The number of aliphatic hydroxyl groups excluding tert-OH is 1. The molecule has 0 saturated heterocycles. The molecule has 2 aromatic heterocycles. The average molecular weight is 489 g/mol. The van der Waals surface area contributed by atoms with Crippen LogP contribution >= 0.6 is 0 Å². The predicted molar refractivity (Wildman–Crippen MR) is 136 cm³/mol. The fraction of sp³-hybridized carbons (Fsp3) is 0.222. The van der Waals surface area contributed by atoms with Gasteiger partial charge in [0.25, 0.3) is 5.91 Å². The van der Waals surface area contributed by atoms with Crippen molar-refractivity contribution < 1.29 is 24.6 Å². The van der Waals surface area contributed by atoms with E-state index in [0.29, 0.717) is 29.7 Å². The highest BCUT2D eigenvalue weighted by Gasteiger charge is 2.22. The Balaban J connectivity index is 1.58. The molecule has 0 unspecified atom stereocenters. The fourth-order valence-electron chi connectivity index (χ4n) is 3.93. The zero-order valence-corrected chi connectivity index (χ0v) is 20.1. The number of hydroxylamine groups is 1. The molecule has 1 amide bonds. The van der Waals surface area contributed by atoms with Crippen LogP contribution in [-0.2, 0) is 0 Å². The maximum atomic E-state index is 12.5. The summed E-state index contributed by atoms with van der Waals surface area (Å²) in [4.78, 5) is 23.2. The first kappa shape index (κ1) is 25.1. The van der Waals surface area contributed by atoms with Crippen LogP contribution in [0.3, 0.4) is 0 Å². The number of rotatable bonds is 10. The topological polar surface area (TPSA) is 117 Å². The summed E-state index contributed by atoms with van der Waals surface area (Å²) in [5.41, 5.74) is 5.68. The third-order valence-corrected chi connectivity index (χ3v) is 5.84. The monoisotopic (exact) mass is 488 g/mol. The van der Waals surface area contributed by atoms with Crippen LogP contribution in [0.15, 0.2) is 67.0 Å². The number of aliphatic hydroxyl groups is 1. The van der Waals surface area contributed by atoms with Crippen LogP contribution in [0.25, 0.3) is 33.3 Å². The second kappa shape index (κ2) is 11.6. The second-order valence-electron chi connectivity index (χ2n) is 8.18. The first-order chi connectivity index (χ1) is 17.5. The van der Waals surface area contributed by atoms with Gasteiger partial charge in [-0.3, -0.25) is 15.0 Å². The number of carbonyl (C=O) groups excluding carboxylic acids is 1. The molecule has 2 aromatic carbocycles. The molecule has 2 heterocycles. The van der Waals surface area contributed by atoms with E-state index < -0.39 is 5.91 Å². The van der Waals surface area contributed by atoms with Crippen molar-refractivity contribution in [2.45, 2.75) is 0 Å². The molecular formula is C27H28N4O5. The van der Waals surface area contributed by atoms with E-state index >= 15 is 0 Å². The van der Waals surface area contributed by atoms with Gasteiger partial charge in [-0.2, -0.15) is 0 Å². The standard InChI is InChI=1S/C27H28N4O5/c1-31(13-15-32)14-16-36-21-9-7-19(8-10-21)18-3-5-20(6-4-18)25-26(35-2)24(27(33)30-34)22-17-28-12-11-23(22)29-25/h3-12,17,32,34H,13-16H2,1-2H3,(H,30,33). The molecule has 0 spiro atoms. The zero-order valence-electron chi connectivity index (χ0n) is 20.1.